The number of nitrogens with one attached hydrogen (secondary N) is 1. The number of hydrogen-bond donors (Lipinski definition) is 1. The fraction of sp³-hybridized carbons (Fsp3) is 0.625. The van der Waals surface area contributed by atoms with E-state index in [-0.39, 0.29) is 11.5 Å². The summed E-state index contributed by atoms with van der Waals surface area (Å²) in [6.07, 6.45) is -2.43. The Kier molecular flexibility index (Phi) is 4.94. The van der Waals surface area contributed by atoms with E-state index in [1.54, 1.807) is 19.1 Å². The van der Waals surface area contributed by atoms with Crippen molar-refractivity contribution in [1.82, 2.24) is 5.32 Å². The van der Waals surface area contributed by atoms with Gasteiger partial charge in [-0.2, -0.15) is 13.2 Å². The Balaban J connectivity index is 2.05. The Morgan fingerprint density at radius 1 is 1.24 bits per heavy atom. The molecule has 0 aliphatic carbocycles. The molecule has 0 spiro atoms. The number of hydrogen-bond acceptors (Lipinski definition) is 2. The van der Waals surface area contributed by atoms with Crippen molar-refractivity contribution in [3.63, 3.8) is 0 Å². The van der Waals surface area contributed by atoms with Crippen molar-refractivity contribution in [1.29, 1.82) is 0 Å². The summed E-state index contributed by atoms with van der Waals surface area (Å²) in [7, 11) is 0. The van der Waals surface area contributed by atoms with Crippen LogP contribution in [0.3, 0.4) is 0 Å². The first-order chi connectivity index (χ1) is 9.82. The van der Waals surface area contributed by atoms with E-state index in [9.17, 15) is 13.2 Å². The van der Waals surface area contributed by atoms with Gasteiger partial charge in [-0.3, -0.25) is 0 Å². The van der Waals surface area contributed by atoms with Crippen LogP contribution in [0.5, 0.6) is 0 Å². The van der Waals surface area contributed by atoms with E-state index >= 15 is 0 Å². The molecule has 0 saturated carbocycles. The lowest BCUT2D eigenvalue weighted by atomic mass is 9.82. The second kappa shape index (κ2) is 6.36. The minimum Gasteiger partial charge on any atom is -0.381 e. The lowest BCUT2D eigenvalue weighted by Gasteiger charge is -2.35. The van der Waals surface area contributed by atoms with Crippen LogP contribution in [-0.2, 0) is 10.9 Å². The summed E-state index contributed by atoms with van der Waals surface area (Å²) in [4.78, 5) is 0. The summed E-state index contributed by atoms with van der Waals surface area (Å²) >= 11 is 0. The smallest absolute Gasteiger partial charge is 0.381 e. The molecule has 2 rings (SSSR count). The van der Waals surface area contributed by atoms with Crippen LogP contribution in [-0.4, -0.2) is 19.8 Å². The number of alkyl halides is 3. The minimum absolute atomic E-state index is 0.0969. The molecule has 0 bridgehead atoms. The average molecular weight is 301 g/mol. The highest BCUT2D eigenvalue weighted by molar-refractivity contribution is 5.32. The zero-order valence-electron chi connectivity index (χ0n) is 12.5. The molecule has 0 amide bonds. The van der Waals surface area contributed by atoms with E-state index in [4.69, 9.17) is 4.74 Å². The predicted octanol–water partition coefficient (Wildman–Crippen LogP) is 4.17. The van der Waals surface area contributed by atoms with Crippen LogP contribution in [0.15, 0.2) is 24.3 Å². The molecule has 2 nitrogen and oxygen atoms in total. The molecule has 21 heavy (non-hydrogen) atoms. The van der Waals surface area contributed by atoms with Gasteiger partial charge in [-0.1, -0.05) is 25.1 Å². The molecule has 1 aliphatic rings. The normalized spacial score (nSPS) is 20.2. The fourth-order valence-electron chi connectivity index (χ4n) is 2.68. The molecule has 1 aliphatic heterocycles. The highest BCUT2D eigenvalue weighted by Crippen LogP contribution is 2.35. The quantitative estimate of drug-likeness (QED) is 0.901. The van der Waals surface area contributed by atoms with Crippen molar-refractivity contribution < 1.29 is 17.9 Å². The molecule has 0 radical (unpaired) electrons. The molecule has 1 fully saturated rings. The highest BCUT2D eigenvalue weighted by Gasteiger charge is 2.34. The number of halogens is 3. The van der Waals surface area contributed by atoms with E-state index in [1.165, 1.54) is 6.07 Å². The summed E-state index contributed by atoms with van der Waals surface area (Å²) in [6, 6.07) is 5.44. The van der Waals surface area contributed by atoms with Gasteiger partial charge in [0.25, 0.3) is 0 Å². The Morgan fingerprint density at radius 2 is 1.86 bits per heavy atom. The third-order valence-corrected chi connectivity index (χ3v) is 4.27. The van der Waals surface area contributed by atoms with Crippen molar-refractivity contribution in [2.24, 2.45) is 5.41 Å². The summed E-state index contributed by atoms with van der Waals surface area (Å²) in [6.45, 7) is 6.10. The molecule has 1 aromatic carbocycles. The van der Waals surface area contributed by atoms with Gasteiger partial charge in [0.1, 0.15) is 0 Å². The predicted molar refractivity (Wildman–Crippen MR) is 76.0 cm³/mol. The van der Waals surface area contributed by atoms with Gasteiger partial charge in [0.2, 0.25) is 0 Å². The molecule has 5 heteroatoms. The molecule has 1 saturated heterocycles. The summed E-state index contributed by atoms with van der Waals surface area (Å²) in [5.41, 5.74) is -0.151. The average Bonchev–Trinajstić information content (AvgIpc) is 2.45. The lowest BCUT2D eigenvalue weighted by Crippen LogP contribution is -2.38. The Hall–Kier alpha value is -1.07. The second-order valence-electron chi connectivity index (χ2n) is 6.11. The molecule has 1 unspecified atom stereocenters. The van der Waals surface area contributed by atoms with E-state index in [0.29, 0.717) is 12.1 Å². The molecular weight excluding hydrogens is 279 g/mol. The SMILES string of the molecule is CC(NCC1(C)CCOCC1)c1ccccc1C(F)(F)F. The lowest BCUT2D eigenvalue weighted by molar-refractivity contribution is -0.138. The van der Waals surface area contributed by atoms with Gasteiger partial charge in [0.05, 0.1) is 5.56 Å². The zero-order chi connectivity index (χ0) is 15.5. The maximum absolute atomic E-state index is 13.0. The molecule has 0 aromatic heterocycles. The number of rotatable bonds is 4. The third-order valence-electron chi connectivity index (χ3n) is 4.27. The molecule has 1 heterocycles. The molecular formula is C16H22F3NO. The Morgan fingerprint density at radius 3 is 2.48 bits per heavy atom. The largest absolute Gasteiger partial charge is 0.416 e. The standard InChI is InChI=1S/C16H22F3NO/c1-12(20-11-15(2)7-9-21-10-8-15)13-5-3-4-6-14(13)16(17,18)19/h3-6,12,20H,7-11H2,1-2H3. The Labute approximate surface area is 123 Å². The molecule has 1 N–H and O–H groups in total. The van der Waals surface area contributed by atoms with E-state index in [0.717, 1.165) is 32.1 Å². The van der Waals surface area contributed by atoms with Crippen molar-refractivity contribution in [2.75, 3.05) is 19.8 Å². The summed E-state index contributed by atoms with van der Waals surface area (Å²) < 4.78 is 44.4. The fourth-order valence-corrected chi connectivity index (χ4v) is 2.68. The zero-order valence-corrected chi connectivity index (χ0v) is 12.5. The number of ether oxygens (including phenoxy) is 1. The van der Waals surface area contributed by atoms with Gasteiger partial charge >= 0.3 is 6.18 Å². The van der Waals surface area contributed by atoms with Crippen LogP contribution in [0.25, 0.3) is 0 Å². The van der Waals surface area contributed by atoms with Crippen LogP contribution in [0.2, 0.25) is 0 Å². The van der Waals surface area contributed by atoms with Gasteiger partial charge in [-0.15, -0.1) is 0 Å². The van der Waals surface area contributed by atoms with Crippen molar-refractivity contribution in [3.8, 4) is 0 Å². The first kappa shape index (κ1) is 16.3. The monoisotopic (exact) mass is 301 g/mol. The van der Waals surface area contributed by atoms with Gasteiger partial charge in [-0.25, -0.2) is 0 Å². The van der Waals surface area contributed by atoms with E-state index < -0.39 is 11.7 Å². The first-order valence-electron chi connectivity index (χ1n) is 7.29. The van der Waals surface area contributed by atoms with Gasteiger partial charge in [0, 0.05) is 25.8 Å². The van der Waals surface area contributed by atoms with Crippen molar-refractivity contribution in [2.45, 2.75) is 38.9 Å². The topological polar surface area (TPSA) is 21.3 Å². The third kappa shape index (κ3) is 4.20. The van der Waals surface area contributed by atoms with Crippen LogP contribution in [0.1, 0.15) is 43.9 Å². The van der Waals surface area contributed by atoms with Crippen LogP contribution in [0, 0.1) is 5.41 Å². The van der Waals surface area contributed by atoms with Gasteiger partial charge < -0.3 is 10.1 Å². The first-order valence-corrected chi connectivity index (χ1v) is 7.29. The molecule has 1 aromatic rings. The maximum Gasteiger partial charge on any atom is 0.416 e. The highest BCUT2D eigenvalue weighted by atomic mass is 19.4. The van der Waals surface area contributed by atoms with E-state index in [1.807, 2.05) is 0 Å². The van der Waals surface area contributed by atoms with Crippen LogP contribution in [0.4, 0.5) is 13.2 Å². The summed E-state index contributed by atoms with van der Waals surface area (Å²) in [5, 5.41) is 3.27. The number of benzene rings is 1. The maximum atomic E-state index is 13.0. The minimum atomic E-state index is -4.31. The second-order valence-corrected chi connectivity index (χ2v) is 6.11. The van der Waals surface area contributed by atoms with Crippen molar-refractivity contribution >= 4 is 0 Å². The molecule has 1 atom stereocenters. The Bertz CT molecular complexity index is 467. The van der Waals surface area contributed by atoms with Crippen molar-refractivity contribution in [3.05, 3.63) is 35.4 Å². The summed E-state index contributed by atoms with van der Waals surface area (Å²) in [5.74, 6) is 0. The van der Waals surface area contributed by atoms with Crippen LogP contribution < -0.4 is 5.32 Å². The molecule has 118 valence electrons. The van der Waals surface area contributed by atoms with Crippen LogP contribution >= 0.6 is 0 Å². The van der Waals surface area contributed by atoms with Gasteiger partial charge in [0.15, 0.2) is 0 Å². The van der Waals surface area contributed by atoms with Gasteiger partial charge in [-0.05, 0) is 36.8 Å². The van der Waals surface area contributed by atoms with E-state index in [2.05, 4.69) is 12.2 Å².